The molecule has 21 heavy (non-hydrogen) atoms. The van der Waals surface area contributed by atoms with Crippen LogP contribution in [-0.4, -0.2) is 23.9 Å². The maximum Gasteiger partial charge on any atom is 0.239 e. The Morgan fingerprint density at radius 1 is 1.14 bits per heavy atom. The molecule has 4 heteroatoms. The van der Waals surface area contributed by atoms with Gasteiger partial charge in [-0.1, -0.05) is 52.0 Å². The number of hydrogen-bond acceptors (Lipinski definition) is 2. The molecule has 120 valence electrons. The fourth-order valence-electron chi connectivity index (χ4n) is 2.25. The Morgan fingerprint density at radius 3 is 2.10 bits per heavy atom. The second kappa shape index (κ2) is 9.06. The predicted octanol–water partition coefficient (Wildman–Crippen LogP) is 3.56. The molecule has 0 saturated heterocycles. The van der Waals surface area contributed by atoms with Gasteiger partial charge in [0.1, 0.15) is 0 Å². The van der Waals surface area contributed by atoms with Gasteiger partial charge in [0.25, 0.3) is 0 Å². The van der Waals surface area contributed by atoms with E-state index >= 15 is 0 Å². The van der Waals surface area contributed by atoms with Gasteiger partial charge >= 0.3 is 0 Å². The van der Waals surface area contributed by atoms with Crippen molar-refractivity contribution in [3.63, 3.8) is 0 Å². The number of benzene rings is 1. The highest BCUT2D eigenvalue weighted by Gasteiger charge is 2.19. The molecule has 0 radical (unpaired) electrons. The minimum Gasteiger partial charge on any atom is -0.340 e. The van der Waals surface area contributed by atoms with Crippen molar-refractivity contribution in [1.29, 1.82) is 0 Å². The van der Waals surface area contributed by atoms with Crippen LogP contribution in [0.3, 0.4) is 0 Å². The second-order valence-electron chi connectivity index (χ2n) is 6.33. The number of rotatable bonds is 6. The molecular formula is C17H29ClN2O. The van der Waals surface area contributed by atoms with E-state index in [2.05, 4.69) is 52.0 Å². The van der Waals surface area contributed by atoms with E-state index in [0.717, 1.165) is 12.0 Å². The molecular weight excluding hydrogens is 284 g/mol. The summed E-state index contributed by atoms with van der Waals surface area (Å²) in [7, 11) is 1.82. The zero-order valence-electron chi connectivity index (χ0n) is 13.8. The van der Waals surface area contributed by atoms with Crippen molar-refractivity contribution < 1.29 is 4.79 Å². The number of carbonyl (C=O) groups is 1. The van der Waals surface area contributed by atoms with Crippen LogP contribution >= 0.6 is 12.4 Å². The number of nitrogens with two attached hydrogens (primary N) is 1. The van der Waals surface area contributed by atoms with E-state index in [9.17, 15) is 4.79 Å². The third-order valence-corrected chi connectivity index (χ3v) is 3.48. The highest BCUT2D eigenvalue weighted by atomic mass is 35.5. The molecule has 0 aliphatic heterocycles. The molecule has 0 saturated carbocycles. The average molecular weight is 313 g/mol. The van der Waals surface area contributed by atoms with Crippen LogP contribution in [0.1, 0.15) is 51.2 Å². The number of nitrogens with zero attached hydrogens (tertiary/aromatic N) is 1. The zero-order chi connectivity index (χ0) is 15.3. The van der Waals surface area contributed by atoms with Gasteiger partial charge in [0.2, 0.25) is 5.91 Å². The maximum atomic E-state index is 12.2. The summed E-state index contributed by atoms with van der Waals surface area (Å²) in [6.07, 6.45) is 0.732. The number of carbonyl (C=O) groups excluding carboxylic acids is 1. The molecule has 1 amide bonds. The zero-order valence-corrected chi connectivity index (χ0v) is 14.6. The molecule has 1 aromatic carbocycles. The van der Waals surface area contributed by atoms with Crippen LogP contribution in [0.4, 0.5) is 0 Å². The lowest BCUT2D eigenvalue weighted by atomic mass is 10.0. The third-order valence-electron chi connectivity index (χ3n) is 3.48. The lowest BCUT2D eigenvalue weighted by molar-refractivity contribution is -0.132. The van der Waals surface area contributed by atoms with Crippen LogP contribution in [0, 0.1) is 5.92 Å². The largest absolute Gasteiger partial charge is 0.340 e. The van der Waals surface area contributed by atoms with Crippen LogP contribution in [-0.2, 0) is 11.3 Å². The van der Waals surface area contributed by atoms with Crippen LogP contribution < -0.4 is 5.73 Å². The van der Waals surface area contributed by atoms with Crippen molar-refractivity contribution >= 4 is 18.3 Å². The summed E-state index contributed by atoms with van der Waals surface area (Å²) in [5, 5.41) is 0. The van der Waals surface area contributed by atoms with Gasteiger partial charge in [-0.3, -0.25) is 4.79 Å². The number of hydrogen-bond donors (Lipinski definition) is 1. The Balaban J connectivity index is 0.00000400. The Kier molecular flexibility index (Phi) is 8.60. The standard InChI is InChI=1S/C17H28N2O.ClH/c1-12(2)10-16(18)17(20)19(5)11-14-6-8-15(9-7-14)13(3)4;/h6-9,12-13,16H,10-11,18H2,1-5H3;1H/t16-;/m0./s1. The smallest absolute Gasteiger partial charge is 0.239 e. The number of halogens is 1. The molecule has 2 N–H and O–H groups in total. The molecule has 0 heterocycles. The van der Waals surface area contributed by atoms with Gasteiger partial charge in [0.15, 0.2) is 0 Å². The summed E-state index contributed by atoms with van der Waals surface area (Å²) in [5.41, 5.74) is 8.40. The van der Waals surface area contributed by atoms with Crippen LogP contribution in [0.15, 0.2) is 24.3 Å². The molecule has 0 aliphatic rings. The topological polar surface area (TPSA) is 46.3 Å². The molecule has 3 nitrogen and oxygen atoms in total. The monoisotopic (exact) mass is 312 g/mol. The molecule has 0 aromatic heterocycles. The lowest BCUT2D eigenvalue weighted by Crippen LogP contribution is -2.42. The lowest BCUT2D eigenvalue weighted by Gasteiger charge is -2.22. The summed E-state index contributed by atoms with van der Waals surface area (Å²) < 4.78 is 0. The van der Waals surface area contributed by atoms with E-state index in [0.29, 0.717) is 18.4 Å². The van der Waals surface area contributed by atoms with E-state index in [4.69, 9.17) is 5.73 Å². The highest BCUT2D eigenvalue weighted by Crippen LogP contribution is 2.15. The predicted molar refractivity (Wildman–Crippen MR) is 91.7 cm³/mol. The first kappa shape index (κ1) is 19.9. The molecule has 1 atom stereocenters. The molecule has 1 rings (SSSR count). The van der Waals surface area contributed by atoms with Crippen LogP contribution in [0.25, 0.3) is 0 Å². The van der Waals surface area contributed by atoms with E-state index in [1.807, 2.05) is 7.05 Å². The summed E-state index contributed by atoms with van der Waals surface area (Å²) in [6, 6.07) is 8.05. The fourth-order valence-corrected chi connectivity index (χ4v) is 2.25. The normalized spacial score (nSPS) is 12.2. The molecule has 0 fully saturated rings. The van der Waals surface area contributed by atoms with Gasteiger partial charge in [0, 0.05) is 13.6 Å². The van der Waals surface area contributed by atoms with Crippen LogP contribution in [0.5, 0.6) is 0 Å². The second-order valence-corrected chi connectivity index (χ2v) is 6.33. The Labute approximate surface area is 135 Å². The van der Waals surface area contributed by atoms with Crippen molar-refractivity contribution in [2.75, 3.05) is 7.05 Å². The Morgan fingerprint density at radius 2 is 1.67 bits per heavy atom. The van der Waals surface area contributed by atoms with Crippen LogP contribution in [0.2, 0.25) is 0 Å². The minimum absolute atomic E-state index is 0. The van der Waals surface area contributed by atoms with Gasteiger partial charge in [-0.2, -0.15) is 0 Å². The summed E-state index contributed by atoms with van der Waals surface area (Å²) >= 11 is 0. The van der Waals surface area contributed by atoms with Gasteiger partial charge in [-0.05, 0) is 29.4 Å². The van der Waals surface area contributed by atoms with Gasteiger partial charge in [0.05, 0.1) is 6.04 Å². The van der Waals surface area contributed by atoms with E-state index in [1.165, 1.54) is 5.56 Å². The first-order chi connectivity index (χ1) is 9.31. The van der Waals surface area contributed by atoms with Crippen molar-refractivity contribution in [2.45, 2.75) is 52.6 Å². The molecule has 0 bridgehead atoms. The minimum atomic E-state index is -0.394. The molecule has 1 aromatic rings. The Hall–Kier alpha value is -1.06. The van der Waals surface area contributed by atoms with Crippen molar-refractivity contribution in [1.82, 2.24) is 4.90 Å². The highest BCUT2D eigenvalue weighted by molar-refractivity contribution is 5.85. The summed E-state index contributed by atoms with van der Waals surface area (Å²) in [4.78, 5) is 13.9. The van der Waals surface area contributed by atoms with Crippen molar-refractivity contribution in [2.24, 2.45) is 11.7 Å². The molecule has 0 spiro atoms. The SMILES string of the molecule is CC(C)C[C@H](N)C(=O)N(C)Cc1ccc(C(C)C)cc1.Cl. The number of likely N-dealkylation sites (N-methyl/N-ethyl adjacent to an activating group) is 1. The van der Waals surface area contributed by atoms with Crippen molar-refractivity contribution in [3.8, 4) is 0 Å². The van der Waals surface area contributed by atoms with E-state index < -0.39 is 6.04 Å². The fraction of sp³-hybridized carbons (Fsp3) is 0.588. The average Bonchev–Trinajstić information content (AvgIpc) is 2.37. The molecule has 0 unspecified atom stereocenters. The maximum absolute atomic E-state index is 12.2. The van der Waals surface area contributed by atoms with E-state index in [-0.39, 0.29) is 18.3 Å². The van der Waals surface area contributed by atoms with Gasteiger partial charge in [-0.15, -0.1) is 12.4 Å². The first-order valence-corrected chi connectivity index (χ1v) is 7.40. The Bertz CT molecular complexity index is 429. The van der Waals surface area contributed by atoms with Gasteiger partial charge in [-0.25, -0.2) is 0 Å². The number of amides is 1. The summed E-state index contributed by atoms with van der Waals surface area (Å²) in [6.45, 7) is 9.13. The van der Waals surface area contributed by atoms with Gasteiger partial charge < -0.3 is 10.6 Å². The first-order valence-electron chi connectivity index (χ1n) is 7.40. The van der Waals surface area contributed by atoms with Crippen molar-refractivity contribution in [3.05, 3.63) is 35.4 Å². The summed E-state index contributed by atoms with van der Waals surface area (Å²) in [5.74, 6) is 0.988. The molecule has 0 aliphatic carbocycles. The van der Waals surface area contributed by atoms with E-state index in [1.54, 1.807) is 4.90 Å². The quantitative estimate of drug-likeness (QED) is 0.873. The third kappa shape index (κ3) is 6.49.